The van der Waals surface area contributed by atoms with Crippen molar-refractivity contribution < 1.29 is 4.74 Å². The summed E-state index contributed by atoms with van der Waals surface area (Å²) in [7, 11) is 0. The first-order valence-corrected chi connectivity index (χ1v) is 8.83. The first-order valence-electron chi connectivity index (χ1n) is 8.83. The Hall–Kier alpha value is -2.65. The number of hydrogen-bond acceptors (Lipinski definition) is 3. The lowest BCUT2D eigenvalue weighted by Gasteiger charge is -2.23. The minimum absolute atomic E-state index is 0.147. The molecule has 0 radical (unpaired) electrons. The molecule has 3 nitrogen and oxygen atoms in total. The summed E-state index contributed by atoms with van der Waals surface area (Å²) in [5.41, 5.74) is 5.04. The molecule has 3 heteroatoms. The summed E-state index contributed by atoms with van der Waals surface area (Å²) in [6.45, 7) is 1.61. The van der Waals surface area contributed by atoms with Crippen LogP contribution in [0.1, 0.15) is 34.7 Å². The Morgan fingerprint density at radius 3 is 2.76 bits per heavy atom. The van der Waals surface area contributed by atoms with E-state index < -0.39 is 0 Å². The number of pyridine rings is 1. The third kappa shape index (κ3) is 3.72. The van der Waals surface area contributed by atoms with E-state index in [1.54, 1.807) is 0 Å². The van der Waals surface area contributed by atoms with Crippen LogP contribution < -0.4 is 10.1 Å². The summed E-state index contributed by atoms with van der Waals surface area (Å²) >= 11 is 0. The van der Waals surface area contributed by atoms with Crippen LogP contribution >= 0.6 is 0 Å². The number of rotatable bonds is 5. The van der Waals surface area contributed by atoms with Gasteiger partial charge in [0.15, 0.2) is 0 Å². The molecular weight excluding hydrogens is 308 g/mol. The Labute approximate surface area is 148 Å². The Bertz CT molecular complexity index is 818. The minimum atomic E-state index is 0.147. The number of ether oxygens (including phenoxy) is 1. The van der Waals surface area contributed by atoms with Gasteiger partial charge in [-0.1, -0.05) is 48.5 Å². The van der Waals surface area contributed by atoms with Gasteiger partial charge in [0.25, 0.3) is 0 Å². The molecular formula is C22H22N2O. The zero-order chi connectivity index (χ0) is 16.9. The smallest absolute Gasteiger partial charge is 0.122 e. The number of hydrogen-bond donors (Lipinski definition) is 1. The maximum absolute atomic E-state index is 5.76. The highest BCUT2D eigenvalue weighted by atomic mass is 16.5. The molecule has 1 aromatic heterocycles. The summed E-state index contributed by atoms with van der Waals surface area (Å²) in [6, 6.07) is 21.4. The van der Waals surface area contributed by atoms with E-state index in [0.717, 1.165) is 31.7 Å². The summed E-state index contributed by atoms with van der Waals surface area (Å²) in [4.78, 5) is 4.21. The lowest BCUT2D eigenvalue weighted by molar-refractivity contribution is 0.288. The first-order chi connectivity index (χ1) is 12.4. The number of nitrogens with one attached hydrogen (secondary N) is 1. The molecule has 0 saturated carbocycles. The first kappa shape index (κ1) is 15.9. The molecule has 3 aromatic rings. The van der Waals surface area contributed by atoms with Crippen LogP contribution in [0.5, 0.6) is 5.75 Å². The normalized spacial score (nSPS) is 14.4. The van der Waals surface area contributed by atoms with Crippen molar-refractivity contribution in [1.82, 2.24) is 10.3 Å². The molecule has 2 heterocycles. The Balaban J connectivity index is 1.63. The van der Waals surface area contributed by atoms with Crippen LogP contribution in [0.4, 0.5) is 0 Å². The van der Waals surface area contributed by atoms with E-state index >= 15 is 0 Å². The second-order valence-electron chi connectivity index (χ2n) is 6.41. The number of benzene rings is 2. The number of nitrogens with zero attached hydrogens (tertiary/aromatic N) is 1. The molecule has 25 heavy (non-hydrogen) atoms. The van der Waals surface area contributed by atoms with E-state index in [1.807, 2.05) is 18.5 Å². The highest BCUT2D eigenvalue weighted by Gasteiger charge is 2.17. The Morgan fingerprint density at radius 1 is 1.00 bits per heavy atom. The third-order valence-corrected chi connectivity index (χ3v) is 4.63. The van der Waals surface area contributed by atoms with Crippen molar-refractivity contribution >= 4 is 0 Å². The van der Waals surface area contributed by atoms with Crippen LogP contribution in [0.25, 0.3) is 0 Å². The van der Waals surface area contributed by atoms with Gasteiger partial charge in [-0.2, -0.15) is 0 Å². The van der Waals surface area contributed by atoms with Crippen LogP contribution in [0, 0.1) is 0 Å². The molecule has 1 atom stereocenters. The third-order valence-electron chi connectivity index (χ3n) is 4.63. The van der Waals surface area contributed by atoms with Crippen LogP contribution in [-0.2, 0) is 13.0 Å². The van der Waals surface area contributed by atoms with Crippen LogP contribution in [0.3, 0.4) is 0 Å². The summed E-state index contributed by atoms with van der Waals surface area (Å²) in [6.07, 6.45) is 5.90. The second-order valence-corrected chi connectivity index (χ2v) is 6.41. The summed E-state index contributed by atoms with van der Waals surface area (Å²) in [5, 5.41) is 3.69. The Morgan fingerprint density at radius 2 is 1.92 bits per heavy atom. The van der Waals surface area contributed by atoms with E-state index in [0.29, 0.717) is 0 Å². The predicted molar refractivity (Wildman–Crippen MR) is 99.6 cm³/mol. The molecule has 1 aliphatic rings. The quantitative estimate of drug-likeness (QED) is 0.758. The van der Waals surface area contributed by atoms with Gasteiger partial charge >= 0.3 is 0 Å². The lowest BCUT2D eigenvalue weighted by atomic mass is 9.94. The van der Waals surface area contributed by atoms with Gasteiger partial charge in [-0.05, 0) is 47.2 Å². The van der Waals surface area contributed by atoms with Gasteiger partial charge < -0.3 is 10.1 Å². The molecule has 0 fully saturated rings. The zero-order valence-corrected chi connectivity index (χ0v) is 14.2. The molecule has 4 rings (SSSR count). The summed E-state index contributed by atoms with van der Waals surface area (Å²) in [5.74, 6) is 1.04. The molecule has 2 aromatic carbocycles. The SMILES string of the molecule is c1ccc(C(NCc2cccnc2)c2ccc3c(c2)CCCO3)cc1. The van der Waals surface area contributed by atoms with Crippen LogP contribution in [-0.4, -0.2) is 11.6 Å². The molecule has 0 spiro atoms. The van der Waals surface area contributed by atoms with E-state index in [4.69, 9.17) is 4.74 Å². The van der Waals surface area contributed by atoms with E-state index in [1.165, 1.54) is 22.3 Å². The molecule has 0 aliphatic carbocycles. The van der Waals surface area contributed by atoms with E-state index in [9.17, 15) is 0 Å². The molecule has 0 amide bonds. The van der Waals surface area contributed by atoms with Gasteiger partial charge in [-0.25, -0.2) is 0 Å². The fourth-order valence-corrected chi connectivity index (χ4v) is 3.36. The topological polar surface area (TPSA) is 34.2 Å². The van der Waals surface area contributed by atoms with Gasteiger partial charge in [0.2, 0.25) is 0 Å². The highest BCUT2D eigenvalue weighted by molar-refractivity contribution is 5.42. The summed E-state index contributed by atoms with van der Waals surface area (Å²) < 4.78 is 5.76. The standard InChI is InChI=1S/C22H22N2O/c1-2-7-18(8-3-1)22(24-16-17-6-4-12-23-15-17)20-10-11-21-19(14-20)9-5-13-25-21/h1-4,6-8,10-12,14-15,22,24H,5,9,13,16H2. The van der Waals surface area contributed by atoms with Crippen molar-refractivity contribution in [1.29, 1.82) is 0 Å². The monoisotopic (exact) mass is 330 g/mol. The van der Waals surface area contributed by atoms with Gasteiger partial charge in [0.1, 0.15) is 5.75 Å². The number of fused-ring (bicyclic) bond motifs is 1. The molecule has 1 N–H and O–H groups in total. The largest absolute Gasteiger partial charge is 0.493 e. The number of aromatic nitrogens is 1. The highest BCUT2D eigenvalue weighted by Crippen LogP contribution is 2.30. The van der Waals surface area contributed by atoms with Crippen LogP contribution in [0.2, 0.25) is 0 Å². The maximum Gasteiger partial charge on any atom is 0.122 e. The second kappa shape index (κ2) is 7.49. The molecule has 0 bridgehead atoms. The van der Waals surface area contributed by atoms with Crippen molar-refractivity contribution in [2.45, 2.75) is 25.4 Å². The molecule has 0 saturated heterocycles. The van der Waals surface area contributed by atoms with Crippen molar-refractivity contribution in [2.24, 2.45) is 0 Å². The van der Waals surface area contributed by atoms with E-state index in [2.05, 4.69) is 64.9 Å². The average Bonchev–Trinajstić information content (AvgIpc) is 2.70. The van der Waals surface area contributed by atoms with Gasteiger partial charge in [-0.15, -0.1) is 0 Å². The number of aryl methyl sites for hydroxylation is 1. The van der Waals surface area contributed by atoms with Gasteiger partial charge in [0.05, 0.1) is 12.6 Å². The fourth-order valence-electron chi connectivity index (χ4n) is 3.36. The maximum atomic E-state index is 5.76. The fraction of sp³-hybridized carbons (Fsp3) is 0.227. The average molecular weight is 330 g/mol. The zero-order valence-electron chi connectivity index (χ0n) is 14.2. The molecule has 1 aliphatic heterocycles. The Kier molecular flexibility index (Phi) is 4.75. The van der Waals surface area contributed by atoms with Crippen molar-refractivity contribution in [2.75, 3.05) is 6.61 Å². The van der Waals surface area contributed by atoms with Crippen molar-refractivity contribution in [3.8, 4) is 5.75 Å². The molecule has 126 valence electrons. The van der Waals surface area contributed by atoms with Crippen molar-refractivity contribution in [3.63, 3.8) is 0 Å². The minimum Gasteiger partial charge on any atom is -0.493 e. The van der Waals surface area contributed by atoms with Gasteiger partial charge in [0, 0.05) is 18.9 Å². The van der Waals surface area contributed by atoms with E-state index in [-0.39, 0.29) is 6.04 Å². The van der Waals surface area contributed by atoms with Crippen LogP contribution in [0.15, 0.2) is 73.1 Å². The molecule has 1 unspecified atom stereocenters. The van der Waals surface area contributed by atoms with Gasteiger partial charge in [-0.3, -0.25) is 4.98 Å². The lowest BCUT2D eigenvalue weighted by Crippen LogP contribution is -2.22. The van der Waals surface area contributed by atoms with Crippen molar-refractivity contribution in [3.05, 3.63) is 95.3 Å². The predicted octanol–water partition coefficient (Wildman–Crippen LogP) is 4.29.